The lowest BCUT2D eigenvalue weighted by Crippen LogP contribution is -2.29. The molecule has 5 rings (SSSR count). The molecule has 1 aliphatic rings. The molecule has 2 aromatic carbocycles. The molecule has 7 nitrogen and oxygen atoms in total. The number of thioether (sulfide) groups is 1. The van der Waals surface area contributed by atoms with Gasteiger partial charge in [0.2, 0.25) is 5.13 Å². The number of amides is 1. The number of furan rings is 1. The second kappa shape index (κ2) is 10.2. The zero-order valence-electron chi connectivity index (χ0n) is 20.2. The van der Waals surface area contributed by atoms with Crippen molar-refractivity contribution in [1.82, 2.24) is 10.2 Å². The third-order valence-corrected chi connectivity index (χ3v) is 8.51. The fourth-order valence-corrected chi connectivity index (χ4v) is 6.30. The third kappa shape index (κ3) is 4.82. The van der Waals surface area contributed by atoms with Gasteiger partial charge in [-0.2, -0.15) is 0 Å². The van der Waals surface area contributed by atoms with E-state index in [4.69, 9.17) is 16.0 Å². The fraction of sp³-hybridized carbons (Fsp3) is 0.185. The van der Waals surface area contributed by atoms with Crippen LogP contribution >= 0.6 is 34.7 Å². The number of aliphatic hydroxyl groups excluding tert-OH is 1. The van der Waals surface area contributed by atoms with E-state index in [1.165, 1.54) is 28.0 Å². The van der Waals surface area contributed by atoms with Crippen LogP contribution in [-0.2, 0) is 15.3 Å². The highest BCUT2D eigenvalue weighted by molar-refractivity contribution is 8.00. The van der Waals surface area contributed by atoms with Gasteiger partial charge < -0.3 is 9.52 Å². The van der Waals surface area contributed by atoms with Crippen LogP contribution in [0.3, 0.4) is 0 Å². The largest absolute Gasteiger partial charge is 0.507 e. The Bertz CT molecular complexity index is 1560. The van der Waals surface area contributed by atoms with E-state index in [1.807, 2.05) is 50.2 Å². The monoisotopic (exact) mass is 551 g/mol. The number of Topliss-reactive ketones (excluding diaryl/α,β-unsaturated/α-hetero) is 1. The molecule has 0 radical (unpaired) electrons. The number of rotatable bonds is 6. The minimum absolute atomic E-state index is 0.0477. The molecule has 1 unspecified atom stereocenters. The molecule has 188 valence electrons. The molecule has 10 heteroatoms. The lowest BCUT2D eigenvalue weighted by Gasteiger charge is -2.20. The topological polar surface area (TPSA) is 96.5 Å². The Morgan fingerprint density at radius 1 is 1.11 bits per heavy atom. The minimum Gasteiger partial charge on any atom is -0.507 e. The molecular weight excluding hydrogens is 530 g/mol. The number of aromatic nitrogens is 2. The molecule has 0 saturated carbocycles. The summed E-state index contributed by atoms with van der Waals surface area (Å²) in [6, 6.07) is 15.6. The van der Waals surface area contributed by atoms with Crippen LogP contribution in [0.5, 0.6) is 0 Å². The van der Waals surface area contributed by atoms with E-state index >= 15 is 0 Å². The van der Waals surface area contributed by atoms with Gasteiger partial charge in [-0.05, 0) is 56.2 Å². The molecule has 37 heavy (non-hydrogen) atoms. The van der Waals surface area contributed by atoms with Crippen LogP contribution in [0.15, 0.2) is 68.9 Å². The van der Waals surface area contributed by atoms with Gasteiger partial charge in [0.15, 0.2) is 4.34 Å². The highest BCUT2D eigenvalue weighted by Crippen LogP contribution is 2.44. The van der Waals surface area contributed by atoms with Gasteiger partial charge in [0, 0.05) is 16.3 Å². The van der Waals surface area contributed by atoms with Crippen LogP contribution in [0.25, 0.3) is 5.76 Å². The number of aryl methyl sites for hydroxylation is 3. The first-order chi connectivity index (χ1) is 17.7. The number of halogens is 1. The summed E-state index contributed by atoms with van der Waals surface area (Å²) in [5.41, 5.74) is 3.08. The Kier molecular flexibility index (Phi) is 6.94. The van der Waals surface area contributed by atoms with Gasteiger partial charge in [-0.15, -0.1) is 10.2 Å². The fourth-order valence-electron chi connectivity index (χ4n) is 4.15. The lowest BCUT2D eigenvalue weighted by atomic mass is 9.96. The summed E-state index contributed by atoms with van der Waals surface area (Å²) in [4.78, 5) is 27.9. The Morgan fingerprint density at radius 3 is 2.62 bits per heavy atom. The van der Waals surface area contributed by atoms with Crippen molar-refractivity contribution in [1.29, 1.82) is 0 Å². The second-order valence-corrected chi connectivity index (χ2v) is 11.3. The maximum Gasteiger partial charge on any atom is 0.302 e. The highest BCUT2D eigenvalue weighted by Gasteiger charge is 2.50. The van der Waals surface area contributed by atoms with Gasteiger partial charge in [0.25, 0.3) is 5.78 Å². The van der Waals surface area contributed by atoms with Crippen LogP contribution in [-0.4, -0.2) is 27.0 Å². The first-order valence-corrected chi connectivity index (χ1v) is 13.6. The number of carbonyl (C=O) groups is 2. The Hall–Kier alpha value is -3.40. The van der Waals surface area contributed by atoms with Gasteiger partial charge in [0.05, 0.1) is 5.57 Å². The van der Waals surface area contributed by atoms with Crippen molar-refractivity contribution >= 4 is 57.3 Å². The molecule has 4 aromatic rings. The number of aliphatic hydroxyl groups is 1. The van der Waals surface area contributed by atoms with E-state index in [2.05, 4.69) is 10.2 Å². The predicted octanol–water partition coefficient (Wildman–Crippen LogP) is 6.63. The normalized spacial score (nSPS) is 17.1. The van der Waals surface area contributed by atoms with Crippen LogP contribution < -0.4 is 4.90 Å². The summed E-state index contributed by atoms with van der Waals surface area (Å²) in [6.45, 7) is 5.50. The summed E-state index contributed by atoms with van der Waals surface area (Å²) >= 11 is 8.88. The molecule has 1 aliphatic heterocycles. The quantitative estimate of drug-likeness (QED) is 0.0944. The minimum atomic E-state index is -0.983. The first kappa shape index (κ1) is 25.3. The average molecular weight is 552 g/mol. The third-order valence-electron chi connectivity index (χ3n) is 6.03. The number of carbonyl (C=O) groups excluding carboxylic acids is 2. The average Bonchev–Trinajstić information content (AvgIpc) is 3.58. The van der Waals surface area contributed by atoms with Crippen LogP contribution in [0, 0.1) is 20.8 Å². The summed E-state index contributed by atoms with van der Waals surface area (Å²) in [6.07, 6.45) is 0. The summed E-state index contributed by atoms with van der Waals surface area (Å²) in [5, 5.41) is 20.7. The molecule has 3 heterocycles. The Balaban J connectivity index is 1.55. The number of anilines is 1. The number of hydrogen-bond acceptors (Lipinski definition) is 8. The first-order valence-electron chi connectivity index (χ1n) is 11.4. The summed E-state index contributed by atoms with van der Waals surface area (Å²) in [5.74, 6) is -0.327. The highest BCUT2D eigenvalue weighted by atomic mass is 35.5. The molecule has 1 atom stereocenters. The van der Waals surface area contributed by atoms with Crippen molar-refractivity contribution in [3.8, 4) is 0 Å². The van der Waals surface area contributed by atoms with E-state index in [1.54, 1.807) is 25.1 Å². The van der Waals surface area contributed by atoms with Gasteiger partial charge >= 0.3 is 5.91 Å². The van der Waals surface area contributed by atoms with Crippen molar-refractivity contribution in [3.63, 3.8) is 0 Å². The van der Waals surface area contributed by atoms with E-state index < -0.39 is 17.7 Å². The van der Waals surface area contributed by atoms with Crippen molar-refractivity contribution < 1.29 is 19.1 Å². The smallest absolute Gasteiger partial charge is 0.302 e. The van der Waals surface area contributed by atoms with Crippen molar-refractivity contribution in [2.24, 2.45) is 0 Å². The zero-order chi connectivity index (χ0) is 26.3. The van der Waals surface area contributed by atoms with E-state index in [0.29, 0.717) is 32.2 Å². The summed E-state index contributed by atoms with van der Waals surface area (Å²) in [7, 11) is 0. The van der Waals surface area contributed by atoms with Crippen LogP contribution in [0.4, 0.5) is 5.13 Å². The van der Waals surface area contributed by atoms with Crippen molar-refractivity contribution in [2.45, 2.75) is 36.9 Å². The van der Waals surface area contributed by atoms with Crippen LogP contribution in [0.1, 0.15) is 39.8 Å². The van der Waals surface area contributed by atoms with E-state index in [9.17, 15) is 14.7 Å². The summed E-state index contributed by atoms with van der Waals surface area (Å²) < 4.78 is 6.47. The molecule has 0 spiro atoms. The number of ketones is 1. The van der Waals surface area contributed by atoms with E-state index in [-0.39, 0.29) is 16.5 Å². The molecule has 1 N–H and O–H groups in total. The maximum atomic E-state index is 13.3. The maximum absolute atomic E-state index is 13.3. The van der Waals surface area contributed by atoms with Crippen LogP contribution in [0.2, 0.25) is 5.02 Å². The standard InChI is InChI=1S/C27H22ClN3O4S2/c1-14-8-9-15(2)18(12-14)23(32)21-22(20-11-10-16(3)35-20)31(25(34)24(21)33)26-29-30-27(37-26)36-13-17-6-4-5-7-19(17)28/h4-12,22,32H,13H2,1-3H3/b23-21+. The van der Waals surface area contributed by atoms with Gasteiger partial charge in [-0.1, -0.05) is 70.6 Å². The molecule has 1 saturated heterocycles. The van der Waals surface area contributed by atoms with Crippen molar-refractivity contribution in [2.75, 3.05) is 4.90 Å². The molecule has 1 fully saturated rings. The van der Waals surface area contributed by atoms with Gasteiger partial charge in [0.1, 0.15) is 23.3 Å². The number of hydrogen-bond donors (Lipinski definition) is 1. The Morgan fingerprint density at radius 2 is 1.89 bits per heavy atom. The molecule has 0 bridgehead atoms. The van der Waals surface area contributed by atoms with Crippen molar-refractivity contribution in [3.05, 3.63) is 99.0 Å². The second-order valence-electron chi connectivity index (χ2n) is 8.67. The van der Waals surface area contributed by atoms with Gasteiger partial charge in [-0.25, -0.2) is 0 Å². The lowest BCUT2D eigenvalue weighted by molar-refractivity contribution is -0.132. The molecule has 0 aliphatic carbocycles. The number of benzene rings is 2. The Labute approximate surface area is 226 Å². The van der Waals surface area contributed by atoms with Gasteiger partial charge in [-0.3, -0.25) is 14.5 Å². The SMILES string of the molecule is Cc1ccc(C)c(/C(O)=C2\C(=O)C(=O)N(c3nnc(SCc4ccccc4Cl)s3)C2c2ccc(C)o2)c1. The predicted molar refractivity (Wildman–Crippen MR) is 145 cm³/mol. The zero-order valence-corrected chi connectivity index (χ0v) is 22.6. The molecular formula is C27H22ClN3O4S2. The van der Waals surface area contributed by atoms with E-state index in [0.717, 1.165) is 16.7 Å². The molecule has 2 aromatic heterocycles. The number of nitrogens with zero attached hydrogens (tertiary/aromatic N) is 3. The molecule has 1 amide bonds.